The molecule has 3 atom stereocenters. The van der Waals surface area contributed by atoms with E-state index in [1.165, 1.54) is 0 Å². The predicted molar refractivity (Wildman–Crippen MR) is 93.3 cm³/mol. The van der Waals surface area contributed by atoms with Crippen LogP contribution in [0.4, 0.5) is 0 Å². The first-order valence-corrected chi connectivity index (χ1v) is 8.57. The predicted octanol–water partition coefficient (Wildman–Crippen LogP) is 1.98. The Morgan fingerprint density at radius 2 is 2.36 bits per heavy atom. The first-order chi connectivity index (χ1) is 12.1. The molecule has 3 aromatic rings. The number of nitrogens with one attached hydrogen (secondary N) is 2. The first-order valence-electron chi connectivity index (χ1n) is 8.19. The lowest BCUT2D eigenvalue weighted by molar-refractivity contribution is 0.0868. The van der Waals surface area contributed by atoms with E-state index in [1.807, 2.05) is 12.1 Å². The molecule has 0 spiro atoms. The number of halogens is 1. The summed E-state index contributed by atoms with van der Waals surface area (Å²) in [6, 6.07) is 5.13. The van der Waals surface area contributed by atoms with Crippen LogP contribution in [0.1, 0.15) is 23.3 Å². The summed E-state index contributed by atoms with van der Waals surface area (Å²) in [5.41, 5.74) is 2.00. The van der Waals surface area contributed by atoms with Crippen molar-refractivity contribution in [3.05, 3.63) is 47.5 Å². The summed E-state index contributed by atoms with van der Waals surface area (Å²) in [5.74, 6) is 0.00508. The maximum absolute atomic E-state index is 12.5. The zero-order chi connectivity index (χ0) is 17.4. The van der Waals surface area contributed by atoms with Crippen LogP contribution >= 0.6 is 11.6 Å². The van der Waals surface area contributed by atoms with E-state index < -0.39 is 6.10 Å². The number of nitrogens with zero attached hydrogens (tertiary/aromatic N) is 3. The molecule has 0 radical (unpaired) electrons. The van der Waals surface area contributed by atoms with Crippen molar-refractivity contribution in [3.8, 4) is 0 Å². The largest absolute Gasteiger partial charge is 0.391 e. The smallest absolute Gasteiger partial charge is 0.268 e. The Labute approximate surface area is 149 Å². The van der Waals surface area contributed by atoms with Gasteiger partial charge in [0.2, 0.25) is 0 Å². The van der Waals surface area contributed by atoms with E-state index in [0.717, 1.165) is 11.0 Å². The number of rotatable bonds is 4. The third-order valence-electron chi connectivity index (χ3n) is 4.62. The zero-order valence-corrected chi connectivity index (χ0v) is 14.1. The van der Waals surface area contributed by atoms with Gasteiger partial charge in [-0.1, -0.05) is 11.6 Å². The van der Waals surface area contributed by atoms with E-state index in [9.17, 15) is 9.90 Å². The summed E-state index contributed by atoms with van der Waals surface area (Å²) in [4.78, 5) is 19.7. The molecule has 4 rings (SSSR count). The van der Waals surface area contributed by atoms with Gasteiger partial charge in [0.1, 0.15) is 5.69 Å². The lowest BCUT2D eigenvalue weighted by Gasteiger charge is -2.15. The Balaban J connectivity index is 1.40. The molecular weight excluding hydrogens is 342 g/mol. The summed E-state index contributed by atoms with van der Waals surface area (Å²) in [5, 5.41) is 18.0. The molecule has 130 valence electrons. The van der Waals surface area contributed by atoms with Crippen molar-refractivity contribution in [1.29, 1.82) is 0 Å². The minimum Gasteiger partial charge on any atom is -0.391 e. The Kier molecular flexibility index (Phi) is 4.19. The van der Waals surface area contributed by atoms with Gasteiger partial charge < -0.3 is 15.4 Å². The third-order valence-corrected chi connectivity index (χ3v) is 4.82. The van der Waals surface area contributed by atoms with Gasteiger partial charge in [-0.25, -0.2) is 0 Å². The highest BCUT2D eigenvalue weighted by molar-refractivity contribution is 6.30. The fourth-order valence-electron chi connectivity index (χ4n) is 3.45. The van der Waals surface area contributed by atoms with Gasteiger partial charge >= 0.3 is 0 Å². The van der Waals surface area contributed by atoms with E-state index in [0.29, 0.717) is 30.1 Å². The molecule has 25 heavy (non-hydrogen) atoms. The minimum atomic E-state index is -0.567. The van der Waals surface area contributed by atoms with Crippen LogP contribution in [0.2, 0.25) is 5.02 Å². The molecule has 1 amide bonds. The normalized spacial score (nSPS) is 23.2. The molecule has 1 saturated carbocycles. The number of amides is 1. The van der Waals surface area contributed by atoms with Gasteiger partial charge in [-0.05, 0) is 37.0 Å². The summed E-state index contributed by atoms with van der Waals surface area (Å²) < 4.78 is 1.77. The molecule has 7 nitrogen and oxygen atoms in total. The Morgan fingerprint density at radius 1 is 1.48 bits per heavy atom. The van der Waals surface area contributed by atoms with Gasteiger partial charge in [0.25, 0.3) is 5.91 Å². The maximum Gasteiger partial charge on any atom is 0.268 e. The van der Waals surface area contributed by atoms with Crippen molar-refractivity contribution >= 4 is 28.5 Å². The zero-order valence-electron chi connectivity index (χ0n) is 13.4. The van der Waals surface area contributed by atoms with Crippen LogP contribution in [0.5, 0.6) is 0 Å². The van der Waals surface area contributed by atoms with E-state index in [2.05, 4.69) is 20.4 Å². The number of H-pyrrole nitrogens is 1. The first kappa shape index (κ1) is 16.1. The number of fused-ring (bicyclic) bond motifs is 1. The number of aromatic nitrogens is 4. The number of aromatic amines is 1. The average Bonchev–Trinajstić information content (AvgIpc) is 3.27. The highest BCUT2D eigenvalue weighted by atomic mass is 35.5. The fraction of sp³-hybridized carbons (Fsp3) is 0.353. The van der Waals surface area contributed by atoms with Crippen molar-refractivity contribution in [2.24, 2.45) is 5.92 Å². The number of carbonyl (C=O) groups excluding carboxylic acids is 1. The SMILES string of the molecule is O=C(N[C@@H]1CC(Cn2cc(Cl)cn2)C[C@H]1O)c1cc2ncccc2[nH]1. The number of carbonyl (C=O) groups is 1. The van der Waals surface area contributed by atoms with Crippen LogP contribution in [-0.2, 0) is 6.54 Å². The molecule has 0 saturated heterocycles. The van der Waals surface area contributed by atoms with Crippen molar-refractivity contribution < 1.29 is 9.90 Å². The standard InChI is InChI=1S/C17H18ClN5O2/c18-11-7-20-23(9-11)8-10-4-14(16(24)5-10)22-17(25)15-6-13-12(21-15)2-1-3-19-13/h1-3,6-7,9-10,14,16,21,24H,4-5,8H2,(H,22,25)/t10?,14-,16-/m1/s1. The Hall–Kier alpha value is -2.38. The van der Waals surface area contributed by atoms with Crippen LogP contribution in [0.15, 0.2) is 36.8 Å². The summed E-state index contributed by atoms with van der Waals surface area (Å²) in [7, 11) is 0. The summed E-state index contributed by atoms with van der Waals surface area (Å²) in [6.45, 7) is 0.673. The fourth-order valence-corrected chi connectivity index (χ4v) is 3.61. The number of pyridine rings is 1. The molecule has 1 unspecified atom stereocenters. The Bertz CT molecular complexity index is 872. The van der Waals surface area contributed by atoms with Crippen LogP contribution in [0.25, 0.3) is 11.0 Å². The van der Waals surface area contributed by atoms with Gasteiger partial charge in [0, 0.05) is 18.9 Å². The molecule has 0 aliphatic heterocycles. The second-order valence-corrected chi connectivity index (χ2v) is 6.92. The molecule has 3 N–H and O–H groups in total. The second kappa shape index (κ2) is 6.50. The number of aliphatic hydroxyl groups excluding tert-OH is 1. The number of hydrogen-bond acceptors (Lipinski definition) is 4. The van der Waals surface area contributed by atoms with Gasteiger partial charge in [-0.3, -0.25) is 14.5 Å². The van der Waals surface area contributed by atoms with E-state index in [1.54, 1.807) is 29.3 Å². The number of hydrogen-bond donors (Lipinski definition) is 3. The molecule has 3 aromatic heterocycles. The second-order valence-electron chi connectivity index (χ2n) is 6.48. The molecule has 1 aliphatic carbocycles. The van der Waals surface area contributed by atoms with Crippen LogP contribution < -0.4 is 5.32 Å². The molecule has 0 aromatic carbocycles. The van der Waals surface area contributed by atoms with Crippen LogP contribution in [0.3, 0.4) is 0 Å². The molecule has 1 fully saturated rings. The van der Waals surface area contributed by atoms with Crippen molar-refractivity contribution in [1.82, 2.24) is 25.1 Å². The minimum absolute atomic E-state index is 0.232. The van der Waals surface area contributed by atoms with Crippen molar-refractivity contribution in [2.75, 3.05) is 0 Å². The van der Waals surface area contributed by atoms with Gasteiger partial charge in [-0.2, -0.15) is 5.10 Å². The molecule has 1 aliphatic rings. The average molecular weight is 360 g/mol. The maximum atomic E-state index is 12.5. The lowest BCUT2D eigenvalue weighted by atomic mass is 10.1. The summed E-state index contributed by atoms with van der Waals surface area (Å²) in [6.07, 6.45) is 5.79. The molecule has 0 bridgehead atoms. The molecule has 8 heteroatoms. The van der Waals surface area contributed by atoms with Crippen LogP contribution in [-0.4, -0.2) is 42.9 Å². The monoisotopic (exact) mass is 359 g/mol. The molecule has 3 heterocycles. The summed E-state index contributed by atoms with van der Waals surface area (Å²) >= 11 is 5.88. The molecular formula is C17H18ClN5O2. The van der Waals surface area contributed by atoms with E-state index in [-0.39, 0.29) is 17.9 Å². The third kappa shape index (κ3) is 3.38. The van der Waals surface area contributed by atoms with Gasteiger partial charge in [-0.15, -0.1) is 0 Å². The highest BCUT2D eigenvalue weighted by Gasteiger charge is 2.34. The van der Waals surface area contributed by atoms with Gasteiger partial charge in [0.15, 0.2) is 0 Å². The topological polar surface area (TPSA) is 95.8 Å². The van der Waals surface area contributed by atoms with Crippen LogP contribution in [0, 0.1) is 5.92 Å². The van der Waals surface area contributed by atoms with E-state index in [4.69, 9.17) is 11.6 Å². The highest BCUT2D eigenvalue weighted by Crippen LogP contribution is 2.28. The Morgan fingerprint density at radius 3 is 3.12 bits per heavy atom. The quantitative estimate of drug-likeness (QED) is 0.663. The van der Waals surface area contributed by atoms with Crippen molar-refractivity contribution in [3.63, 3.8) is 0 Å². The number of aliphatic hydroxyl groups is 1. The van der Waals surface area contributed by atoms with Crippen molar-refractivity contribution in [2.45, 2.75) is 31.5 Å². The van der Waals surface area contributed by atoms with Gasteiger partial charge in [0.05, 0.1) is 34.4 Å². The van der Waals surface area contributed by atoms with E-state index >= 15 is 0 Å². The lowest BCUT2D eigenvalue weighted by Crippen LogP contribution is -2.40.